The molecule has 0 aliphatic heterocycles. The van der Waals surface area contributed by atoms with E-state index in [9.17, 15) is 13.6 Å². The smallest absolute Gasteiger partial charge is 0.271 e. The van der Waals surface area contributed by atoms with Gasteiger partial charge in [0.2, 0.25) is 0 Å². The predicted octanol–water partition coefficient (Wildman–Crippen LogP) is 2.93. The van der Waals surface area contributed by atoms with Crippen molar-refractivity contribution < 1.29 is 13.6 Å². The zero-order chi connectivity index (χ0) is 16.8. The van der Waals surface area contributed by atoms with E-state index in [-0.39, 0.29) is 15.7 Å². The molecule has 120 valence electrons. The van der Waals surface area contributed by atoms with E-state index < -0.39 is 17.5 Å². The summed E-state index contributed by atoms with van der Waals surface area (Å²) in [6.07, 6.45) is 0. The second kappa shape index (κ2) is 7.85. The summed E-state index contributed by atoms with van der Waals surface area (Å²) < 4.78 is 26.1. The van der Waals surface area contributed by atoms with Crippen molar-refractivity contribution in [3.8, 4) is 0 Å². The molecule has 2 aromatic rings. The molecule has 0 fully saturated rings. The van der Waals surface area contributed by atoms with Gasteiger partial charge in [0.1, 0.15) is 0 Å². The van der Waals surface area contributed by atoms with Gasteiger partial charge >= 0.3 is 0 Å². The molecular weight excluding hydrogens is 344 g/mol. The Morgan fingerprint density at radius 1 is 1.09 bits per heavy atom. The minimum absolute atomic E-state index is 0.168. The van der Waals surface area contributed by atoms with E-state index in [1.165, 1.54) is 0 Å². The summed E-state index contributed by atoms with van der Waals surface area (Å²) in [5.41, 5.74) is 5.52. The Labute approximate surface area is 141 Å². The number of nitrogens with one attached hydrogen (secondary N) is 3. The molecule has 0 radical (unpaired) electrons. The van der Waals surface area contributed by atoms with Crippen molar-refractivity contribution in [1.82, 2.24) is 16.2 Å². The zero-order valence-electron chi connectivity index (χ0n) is 11.7. The highest BCUT2D eigenvalue weighted by molar-refractivity contribution is 7.80. The van der Waals surface area contributed by atoms with Crippen LogP contribution in [0.2, 0.25) is 5.02 Å². The molecule has 0 spiro atoms. The lowest BCUT2D eigenvalue weighted by atomic mass is 10.2. The molecule has 0 aromatic heterocycles. The maximum Gasteiger partial charge on any atom is 0.271 e. The maximum absolute atomic E-state index is 13.2. The van der Waals surface area contributed by atoms with Crippen LogP contribution in [0.3, 0.4) is 0 Å². The summed E-state index contributed by atoms with van der Waals surface area (Å²) in [4.78, 5) is 11.9. The van der Waals surface area contributed by atoms with E-state index >= 15 is 0 Å². The van der Waals surface area contributed by atoms with Crippen LogP contribution in [0.4, 0.5) is 8.78 Å². The molecular formula is C15H12ClF2N3OS. The number of rotatable bonds is 3. The van der Waals surface area contributed by atoms with E-state index in [0.717, 1.165) is 17.7 Å². The van der Waals surface area contributed by atoms with Crippen LogP contribution in [0.5, 0.6) is 0 Å². The van der Waals surface area contributed by atoms with Crippen LogP contribution in [0.15, 0.2) is 42.5 Å². The van der Waals surface area contributed by atoms with Gasteiger partial charge in [0.15, 0.2) is 16.7 Å². The molecule has 0 saturated heterocycles. The number of hydrazine groups is 1. The quantitative estimate of drug-likeness (QED) is 0.450. The molecule has 23 heavy (non-hydrogen) atoms. The predicted molar refractivity (Wildman–Crippen MR) is 87.8 cm³/mol. The lowest BCUT2D eigenvalue weighted by Crippen LogP contribution is -2.46. The first-order valence-electron chi connectivity index (χ1n) is 6.50. The number of benzene rings is 2. The summed E-state index contributed by atoms with van der Waals surface area (Å²) in [5, 5.41) is 2.84. The molecule has 8 heteroatoms. The third kappa shape index (κ3) is 4.87. The van der Waals surface area contributed by atoms with Crippen molar-refractivity contribution in [3.63, 3.8) is 0 Å². The zero-order valence-corrected chi connectivity index (χ0v) is 13.3. The van der Waals surface area contributed by atoms with Crippen molar-refractivity contribution >= 4 is 34.8 Å². The van der Waals surface area contributed by atoms with Crippen molar-refractivity contribution in [1.29, 1.82) is 0 Å². The summed E-state index contributed by atoms with van der Waals surface area (Å²) in [5.74, 6) is -3.03. The molecule has 2 rings (SSSR count). The van der Waals surface area contributed by atoms with E-state index in [2.05, 4.69) is 16.2 Å². The fourth-order valence-corrected chi connectivity index (χ4v) is 2.06. The largest absolute Gasteiger partial charge is 0.357 e. The number of hydrogen-bond donors (Lipinski definition) is 3. The van der Waals surface area contributed by atoms with Gasteiger partial charge < -0.3 is 5.32 Å². The lowest BCUT2D eigenvalue weighted by Gasteiger charge is -2.12. The minimum Gasteiger partial charge on any atom is -0.357 e. The second-order valence-corrected chi connectivity index (χ2v) is 5.31. The Balaban J connectivity index is 1.87. The lowest BCUT2D eigenvalue weighted by molar-refractivity contribution is 0.0943. The van der Waals surface area contributed by atoms with Gasteiger partial charge in [0.25, 0.3) is 5.91 Å². The van der Waals surface area contributed by atoms with Gasteiger partial charge in [0, 0.05) is 6.54 Å². The van der Waals surface area contributed by atoms with Crippen LogP contribution in [-0.4, -0.2) is 11.0 Å². The highest BCUT2D eigenvalue weighted by Crippen LogP contribution is 2.19. The van der Waals surface area contributed by atoms with E-state index in [1.807, 2.05) is 30.3 Å². The maximum atomic E-state index is 13.2. The third-order valence-electron chi connectivity index (χ3n) is 2.84. The number of carbonyl (C=O) groups excluding carboxylic acids is 1. The molecule has 0 aliphatic rings. The third-order valence-corrected chi connectivity index (χ3v) is 3.40. The minimum atomic E-state index is -1.16. The molecule has 0 saturated carbocycles. The molecule has 4 nitrogen and oxygen atoms in total. The van der Waals surface area contributed by atoms with Crippen LogP contribution < -0.4 is 16.2 Å². The molecule has 0 unspecified atom stereocenters. The molecule has 2 aromatic carbocycles. The average Bonchev–Trinajstić information content (AvgIpc) is 2.55. The molecule has 0 aliphatic carbocycles. The fourth-order valence-electron chi connectivity index (χ4n) is 1.70. The number of amides is 1. The highest BCUT2D eigenvalue weighted by atomic mass is 35.5. The van der Waals surface area contributed by atoms with Gasteiger partial charge in [0.05, 0.1) is 10.6 Å². The van der Waals surface area contributed by atoms with Gasteiger partial charge in [-0.1, -0.05) is 41.9 Å². The molecule has 0 atom stereocenters. The normalized spacial score (nSPS) is 10.0. The standard InChI is InChI=1S/C15H12ClF2N3OS/c16-11-7-13(18)12(17)6-10(11)14(22)20-21-15(23)19-8-9-4-2-1-3-5-9/h1-7H,8H2,(H,20,22)(H2,19,21,23). The molecule has 0 bridgehead atoms. The van der Waals surface area contributed by atoms with Crippen LogP contribution in [0, 0.1) is 11.6 Å². The summed E-state index contributed by atoms with van der Waals surface area (Å²) in [7, 11) is 0. The van der Waals surface area contributed by atoms with E-state index in [1.54, 1.807) is 0 Å². The van der Waals surface area contributed by atoms with E-state index in [0.29, 0.717) is 6.54 Å². The molecule has 1 amide bonds. The van der Waals surface area contributed by atoms with Crippen molar-refractivity contribution in [2.75, 3.05) is 0 Å². The van der Waals surface area contributed by atoms with Crippen LogP contribution >= 0.6 is 23.8 Å². The molecule has 3 N–H and O–H groups in total. The topological polar surface area (TPSA) is 53.2 Å². The van der Waals surface area contributed by atoms with Gasteiger partial charge in [-0.25, -0.2) is 8.78 Å². The first-order valence-corrected chi connectivity index (χ1v) is 7.28. The first-order chi connectivity index (χ1) is 11.0. The monoisotopic (exact) mass is 355 g/mol. The SMILES string of the molecule is O=C(NNC(=S)NCc1ccccc1)c1cc(F)c(F)cc1Cl. The van der Waals surface area contributed by atoms with Gasteiger partial charge in [-0.15, -0.1) is 0 Å². The average molecular weight is 356 g/mol. The highest BCUT2D eigenvalue weighted by Gasteiger charge is 2.15. The Bertz CT molecular complexity index is 728. The van der Waals surface area contributed by atoms with Gasteiger partial charge in [-0.3, -0.25) is 15.6 Å². The Hall–Kier alpha value is -2.25. The molecule has 0 heterocycles. The Kier molecular flexibility index (Phi) is 5.84. The van der Waals surface area contributed by atoms with Crippen molar-refractivity contribution in [3.05, 3.63) is 70.2 Å². The van der Waals surface area contributed by atoms with E-state index in [4.69, 9.17) is 23.8 Å². The first kappa shape index (κ1) is 17.1. The summed E-state index contributed by atoms with van der Waals surface area (Å²) >= 11 is 10.7. The number of carbonyl (C=O) groups is 1. The summed E-state index contributed by atoms with van der Waals surface area (Å²) in [6, 6.07) is 10.9. The Morgan fingerprint density at radius 3 is 2.43 bits per heavy atom. The number of thiocarbonyl (C=S) groups is 1. The van der Waals surface area contributed by atoms with Crippen molar-refractivity contribution in [2.45, 2.75) is 6.54 Å². The van der Waals surface area contributed by atoms with Crippen molar-refractivity contribution in [2.24, 2.45) is 0 Å². The van der Waals surface area contributed by atoms with Gasteiger partial charge in [-0.2, -0.15) is 0 Å². The van der Waals surface area contributed by atoms with Crippen LogP contribution in [0.1, 0.15) is 15.9 Å². The fraction of sp³-hybridized carbons (Fsp3) is 0.0667. The van der Waals surface area contributed by atoms with Gasteiger partial charge in [-0.05, 0) is 29.9 Å². The summed E-state index contributed by atoms with van der Waals surface area (Å²) in [6.45, 7) is 0.467. The number of halogens is 3. The second-order valence-electron chi connectivity index (χ2n) is 4.49. The number of hydrogen-bond acceptors (Lipinski definition) is 2. The van der Waals surface area contributed by atoms with Crippen LogP contribution in [-0.2, 0) is 6.54 Å². The van der Waals surface area contributed by atoms with Crippen LogP contribution in [0.25, 0.3) is 0 Å². The Morgan fingerprint density at radius 2 is 1.74 bits per heavy atom.